The molecule has 1 heterocycles. The zero-order valence-corrected chi connectivity index (χ0v) is 12.1. The molecule has 0 fully saturated rings. The summed E-state index contributed by atoms with van der Waals surface area (Å²) in [4.78, 5) is 8.40. The molecule has 2 aromatic rings. The van der Waals surface area contributed by atoms with E-state index in [1.54, 1.807) is 13.2 Å². The molecule has 1 atom stereocenters. The van der Waals surface area contributed by atoms with Gasteiger partial charge in [0, 0.05) is 25.0 Å². The Labute approximate surface area is 119 Å². The van der Waals surface area contributed by atoms with Gasteiger partial charge in [-0.05, 0) is 31.5 Å². The number of aromatic nitrogens is 2. The number of hydrogen-bond acceptors (Lipinski definition) is 5. The van der Waals surface area contributed by atoms with Crippen molar-refractivity contribution in [1.29, 1.82) is 0 Å². The molecule has 1 unspecified atom stereocenters. The van der Waals surface area contributed by atoms with Crippen LogP contribution in [0.5, 0.6) is 5.75 Å². The number of nitrogens with one attached hydrogen (secondary N) is 2. The lowest BCUT2D eigenvalue weighted by molar-refractivity contribution is 0.217. The second kappa shape index (κ2) is 6.75. The van der Waals surface area contributed by atoms with Crippen LogP contribution in [-0.4, -0.2) is 23.1 Å². The molecule has 20 heavy (non-hydrogen) atoms. The summed E-state index contributed by atoms with van der Waals surface area (Å²) in [5, 5.41) is 6.15. The Balaban J connectivity index is 2.10. The van der Waals surface area contributed by atoms with Crippen LogP contribution >= 0.6 is 0 Å². The molecular weight excluding hydrogens is 252 g/mol. The molecule has 0 aliphatic carbocycles. The highest BCUT2D eigenvalue weighted by Crippen LogP contribution is 2.22. The maximum atomic E-state index is 5.80. The third kappa shape index (κ3) is 3.85. The maximum Gasteiger partial charge on any atom is 0.224 e. The van der Waals surface area contributed by atoms with Gasteiger partial charge in [0.25, 0.3) is 0 Å². The molecule has 5 heteroatoms. The summed E-state index contributed by atoms with van der Waals surface area (Å²) in [6, 6.07) is 9.68. The smallest absolute Gasteiger partial charge is 0.224 e. The molecule has 0 amide bonds. The van der Waals surface area contributed by atoms with Crippen LogP contribution in [0.1, 0.15) is 20.3 Å². The van der Waals surface area contributed by atoms with Crippen molar-refractivity contribution < 1.29 is 4.74 Å². The molecule has 1 aromatic heterocycles. The normalized spacial score (nSPS) is 11.8. The highest BCUT2D eigenvalue weighted by atomic mass is 16.5. The number of ether oxygens (including phenoxy) is 1. The number of benzene rings is 1. The van der Waals surface area contributed by atoms with E-state index in [9.17, 15) is 0 Å². The van der Waals surface area contributed by atoms with Crippen molar-refractivity contribution in [2.45, 2.75) is 26.4 Å². The molecular formula is C15H20N4O. The molecule has 0 saturated heterocycles. The molecule has 0 bridgehead atoms. The summed E-state index contributed by atoms with van der Waals surface area (Å²) in [6.45, 7) is 4.16. The Morgan fingerprint density at radius 2 is 2.15 bits per heavy atom. The first kappa shape index (κ1) is 14.1. The Morgan fingerprint density at radius 1 is 1.30 bits per heavy atom. The van der Waals surface area contributed by atoms with E-state index in [1.807, 2.05) is 30.3 Å². The molecule has 0 saturated carbocycles. The Bertz CT molecular complexity index is 559. The van der Waals surface area contributed by atoms with E-state index in [4.69, 9.17) is 4.74 Å². The van der Waals surface area contributed by atoms with E-state index in [0.717, 1.165) is 23.7 Å². The lowest BCUT2D eigenvalue weighted by Gasteiger charge is -2.14. The van der Waals surface area contributed by atoms with Crippen molar-refractivity contribution in [1.82, 2.24) is 9.97 Å². The van der Waals surface area contributed by atoms with Crippen molar-refractivity contribution in [2.24, 2.45) is 0 Å². The molecule has 2 rings (SSSR count). The molecule has 1 aromatic carbocycles. The maximum absolute atomic E-state index is 5.80. The SMILES string of the molecule is CCC(C)Oc1cccc(Nc2ccnc(NC)n2)c1. The largest absolute Gasteiger partial charge is 0.491 e. The van der Waals surface area contributed by atoms with E-state index in [1.165, 1.54) is 0 Å². The lowest BCUT2D eigenvalue weighted by Crippen LogP contribution is -2.09. The molecule has 2 N–H and O–H groups in total. The Kier molecular flexibility index (Phi) is 4.76. The summed E-state index contributed by atoms with van der Waals surface area (Å²) < 4.78 is 5.80. The topological polar surface area (TPSA) is 59.1 Å². The van der Waals surface area contributed by atoms with Crippen molar-refractivity contribution >= 4 is 17.5 Å². The van der Waals surface area contributed by atoms with E-state index in [-0.39, 0.29) is 6.10 Å². The van der Waals surface area contributed by atoms with Crippen LogP contribution in [0.25, 0.3) is 0 Å². The first-order chi connectivity index (χ1) is 9.71. The van der Waals surface area contributed by atoms with Crippen LogP contribution in [0.3, 0.4) is 0 Å². The lowest BCUT2D eigenvalue weighted by atomic mass is 10.2. The average Bonchev–Trinajstić information content (AvgIpc) is 2.47. The second-order valence-corrected chi connectivity index (χ2v) is 4.51. The van der Waals surface area contributed by atoms with Crippen molar-refractivity contribution in [3.8, 4) is 5.75 Å². The van der Waals surface area contributed by atoms with Crippen LogP contribution in [0.2, 0.25) is 0 Å². The number of hydrogen-bond donors (Lipinski definition) is 2. The summed E-state index contributed by atoms with van der Waals surface area (Å²) in [5.74, 6) is 2.18. The number of anilines is 3. The molecule has 106 valence electrons. The minimum Gasteiger partial charge on any atom is -0.491 e. The van der Waals surface area contributed by atoms with Crippen molar-refractivity contribution in [3.05, 3.63) is 36.5 Å². The Morgan fingerprint density at radius 3 is 2.90 bits per heavy atom. The summed E-state index contributed by atoms with van der Waals surface area (Å²) >= 11 is 0. The van der Waals surface area contributed by atoms with Gasteiger partial charge in [-0.1, -0.05) is 13.0 Å². The number of nitrogens with zero attached hydrogens (tertiary/aromatic N) is 2. The zero-order valence-electron chi connectivity index (χ0n) is 12.1. The summed E-state index contributed by atoms with van der Waals surface area (Å²) in [5.41, 5.74) is 0.937. The van der Waals surface area contributed by atoms with Gasteiger partial charge >= 0.3 is 0 Å². The fourth-order valence-electron chi connectivity index (χ4n) is 1.66. The van der Waals surface area contributed by atoms with Crippen LogP contribution < -0.4 is 15.4 Å². The van der Waals surface area contributed by atoms with Crippen LogP contribution in [0, 0.1) is 0 Å². The monoisotopic (exact) mass is 272 g/mol. The van der Waals surface area contributed by atoms with E-state index < -0.39 is 0 Å². The fourth-order valence-corrected chi connectivity index (χ4v) is 1.66. The highest BCUT2D eigenvalue weighted by Gasteiger charge is 2.03. The van der Waals surface area contributed by atoms with Gasteiger partial charge in [-0.15, -0.1) is 0 Å². The van der Waals surface area contributed by atoms with Crippen LogP contribution in [-0.2, 0) is 0 Å². The van der Waals surface area contributed by atoms with Gasteiger partial charge in [-0.25, -0.2) is 4.98 Å². The van der Waals surface area contributed by atoms with Gasteiger partial charge in [0.15, 0.2) is 0 Å². The minimum absolute atomic E-state index is 0.209. The third-order valence-electron chi connectivity index (χ3n) is 2.90. The van der Waals surface area contributed by atoms with Gasteiger partial charge in [0.05, 0.1) is 6.10 Å². The summed E-state index contributed by atoms with van der Waals surface area (Å²) in [7, 11) is 1.79. The third-order valence-corrected chi connectivity index (χ3v) is 2.90. The standard InChI is InChI=1S/C15H20N4O/c1-4-11(2)20-13-7-5-6-12(10-13)18-14-8-9-17-15(16-3)19-14/h5-11H,4H2,1-3H3,(H2,16,17,18,19). The highest BCUT2D eigenvalue weighted by molar-refractivity contribution is 5.58. The second-order valence-electron chi connectivity index (χ2n) is 4.51. The van der Waals surface area contributed by atoms with E-state index in [0.29, 0.717) is 5.95 Å². The number of rotatable bonds is 6. The molecule has 5 nitrogen and oxygen atoms in total. The van der Waals surface area contributed by atoms with Crippen LogP contribution in [0.15, 0.2) is 36.5 Å². The molecule has 0 spiro atoms. The van der Waals surface area contributed by atoms with Crippen LogP contribution in [0.4, 0.5) is 17.5 Å². The fraction of sp³-hybridized carbons (Fsp3) is 0.333. The predicted molar refractivity (Wildman–Crippen MR) is 81.7 cm³/mol. The van der Waals surface area contributed by atoms with Crippen molar-refractivity contribution in [3.63, 3.8) is 0 Å². The first-order valence-corrected chi connectivity index (χ1v) is 6.75. The predicted octanol–water partition coefficient (Wildman–Crippen LogP) is 3.44. The quantitative estimate of drug-likeness (QED) is 0.843. The van der Waals surface area contributed by atoms with Gasteiger partial charge in [-0.3, -0.25) is 0 Å². The van der Waals surface area contributed by atoms with Gasteiger partial charge in [0.2, 0.25) is 5.95 Å². The Hall–Kier alpha value is -2.30. The molecule has 0 aliphatic rings. The van der Waals surface area contributed by atoms with Gasteiger partial charge in [0.1, 0.15) is 11.6 Å². The average molecular weight is 272 g/mol. The molecule has 0 aliphatic heterocycles. The molecule has 0 radical (unpaired) electrons. The minimum atomic E-state index is 0.209. The first-order valence-electron chi connectivity index (χ1n) is 6.75. The summed E-state index contributed by atoms with van der Waals surface area (Å²) in [6.07, 6.45) is 2.90. The van der Waals surface area contributed by atoms with Crippen molar-refractivity contribution in [2.75, 3.05) is 17.7 Å². The van der Waals surface area contributed by atoms with Gasteiger partial charge in [-0.2, -0.15) is 4.98 Å². The van der Waals surface area contributed by atoms with E-state index >= 15 is 0 Å². The zero-order chi connectivity index (χ0) is 14.4. The van der Waals surface area contributed by atoms with Gasteiger partial charge < -0.3 is 15.4 Å². The van der Waals surface area contributed by atoms with E-state index in [2.05, 4.69) is 34.4 Å².